The molecule has 1 heterocycles. The van der Waals surface area contributed by atoms with Crippen molar-refractivity contribution < 1.29 is 17.5 Å². The number of rotatable bonds is 6. The van der Waals surface area contributed by atoms with Crippen LogP contribution in [0.2, 0.25) is 0 Å². The number of benzene rings is 1. The van der Waals surface area contributed by atoms with Crippen molar-refractivity contribution in [2.45, 2.75) is 4.21 Å². The lowest BCUT2D eigenvalue weighted by Gasteiger charge is -2.16. The summed E-state index contributed by atoms with van der Waals surface area (Å²) in [6.45, 7) is 0.159. The van der Waals surface area contributed by atoms with Crippen LogP contribution in [0.4, 0.5) is 10.1 Å². The van der Waals surface area contributed by atoms with Crippen molar-refractivity contribution in [1.82, 2.24) is 4.31 Å². The molecule has 0 saturated heterocycles. The summed E-state index contributed by atoms with van der Waals surface area (Å²) in [7, 11) is -2.14. The van der Waals surface area contributed by atoms with Crippen LogP contribution in [-0.4, -0.2) is 32.9 Å². The summed E-state index contributed by atoms with van der Waals surface area (Å²) >= 11 is 1.06. The minimum absolute atomic E-state index is 0.0531. The van der Waals surface area contributed by atoms with Gasteiger partial charge in [0.05, 0.1) is 0 Å². The first-order chi connectivity index (χ1) is 9.91. The van der Waals surface area contributed by atoms with E-state index in [4.69, 9.17) is 10.5 Å². The fourth-order valence-corrected chi connectivity index (χ4v) is 4.03. The van der Waals surface area contributed by atoms with Gasteiger partial charge in [0.15, 0.2) is 11.6 Å². The lowest BCUT2D eigenvalue weighted by molar-refractivity contribution is 0.275. The molecule has 1 aromatic heterocycles. The smallest absolute Gasteiger partial charge is 0.252 e. The zero-order valence-electron chi connectivity index (χ0n) is 11.3. The molecule has 1 aromatic carbocycles. The number of ether oxygens (including phenoxy) is 1. The van der Waals surface area contributed by atoms with Crippen LogP contribution < -0.4 is 10.5 Å². The predicted octanol–water partition coefficient (Wildman–Crippen LogP) is 2.17. The molecule has 0 saturated carbocycles. The monoisotopic (exact) mass is 330 g/mol. The maximum atomic E-state index is 13.3. The van der Waals surface area contributed by atoms with Crippen molar-refractivity contribution >= 4 is 27.0 Å². The molecule has 114 valence electrons. The average Bonchev–Trinajstić information content (AvgIpc) is 2.88. The van der Waals surface area contributed by atoms with Gasteiger partial charge in [-0.25, -0.2) is 12.8 Å². The number of para-hydroxylation sites is 1. The fourth-order valence-electron chi connectivity index (χ4n) is 1.59. The molecule has 0 unspecified atom stereocenters. The first-order valence-electron chi connectivity index (χ1n) is 6.09. The number of hydrogen-bond donors (Lipinski definition) is 1. The zero-order valence-corrected chi connectivity index (χ0v) is 13.0. The number of sulfonamides is 1. The lowest BCUT2D eigenvalue weighted by atomic mass is 10.3. The summed E-state index contributed by atoms with van der Waals surface area (Å²) in [5, 5.41) is 1.57. The van der Waals surface area contributed by atoms with Crippen molar-refractivity contribution in [2.24, 2.45) is 0 Å². The van der Waals surface area contributed by atoms with E-state index < -0.39 is 15.8 Å². The van der Waals surface area contributed by atoms with Crippen LogP contribution in [-0.2, 0) is 10.0 Å². The maximum Gasteiger partial charge on any atom is 0.252 e. The molecule has 0 atom stereocenters. The molecular formula is C13H15FN2O3S2. The molecule has 2 N–H and O–H groups in total. The number of nitrogens with zero attached hydrogens (tertiary/aromatic N) is 1. The van der Waals surface area contributed by atoms with Crippen LogP contribution in [0.15, 0.2) is 39.9 Å². The minimum Gasteiger partial charge on any atom is -0.489 e. The average molecular weight is 330 g/mol. The standard InChI is InChI=1S/C13H15FN2O3S2/c1-16(21(17,18)13-8-10(15)9-20-13)6-7-19-12-5-3-2-4-11(12)14/h2-5,8-9H,6-7,15H2,1H3. The normalized spacial score (nSPS) is 11.8. The predicted molar refractivity (Wildman–Crippen MR) is 80.4 cm³/mol. The van der Waals surface area contributed by atoms with Gasteiger partial charge < -0.3 is 10.5 Å². The molecule has 5 nitrogen and oxygen atoms in total. The molecule has 2 aromatic rings. The lowest BCUT2D eigenvalue weighted by Crippen LogP contribution is -2.30. The highest BCUT2D eigenvalue weighted by Gasteiger charge is 2.22. The number of likely N-dealkylation sites (N-methyl/N-ethyl adjacent to an activating group) is 1. The van der Waals surface area contributed by atoms with Crippen LogP contribution in [0.25, 0.3) is 0 Å². The highest BCUT2D eigenvalue weighted by atomic mass is 32.2. The van der Waals surface area contributed by atoms with Crippen molar-refractivity contribution in [2.75, 3.05) is 25.9 Å². The van der Waals surface area contributed by atoms with Crippen molar-refractivity contribution in [1.29, 1.82) is 0 Å². The van der Waals surface area contributed by atoms with Gasteiger partial charge in [-0.15, -0.1) is 11.3 Å². The van der Waals surface area contributed by atoms with E-state index in [1.807, 2.05) is 0 Å². The van der Waals surface area contributed by atoms with Gasteiger partial charge in [0, 0.05) is 24.7 Å². The number of hydrogen-bond acceptors (Lipinski definition) is 5. The Hall–Kier alpha value is -1.64. The van der Waals surface area contributed by atoms with Gasteiger partial charge in [0.25, 0.3) is 10.0 Å². The Bertz CT molecular complexity index is 716. The number of thiophene rings is 1. The molecule has 0 spiro atoms. The van der Waals surface area contributed by atoms with Gasteiger partial charge in [-0.05, 0) is 18.2 Å². The molecule has 2 rings (SSSR count). The van der Waals surface area contributed by atoms with E-state index in [0.717, 1.165) is 15.6 Å². The minimum atomic E-state index is -3.58. The van der Waals surface area contributed by atoms with Crippen molar-refractivity contribution in [3.05, 3.63) is 41.5 Å². The molecule has 21 heavy (non-hydrogen) atoms. The van der Waals surface area contributed by atoms with Gasteiger partial charge >= 0.3 is 0 Å². The molecule has 0 aliphatic heterocycles. The number of nitrogen functional groups attached to an aromatic ring is 1. The van der Waals surface area contributed by atoms with Crippen molar-refractivity contribution in [3.63, 3.8) is 0 Å². The van der Waals surface area contributed by atoms with Crippen LogP contribution in [0, 0.1) is 5.82 Å². The SMILES string of the molecule is CN(CCOc1ccccc1F)S(=O)(=O)c1cc(N)cs1. The third-order valence-corrected chi connectivity index (χ3v) is 6.05. The Morgan fingerprint density at radius 3 is 2.71 bits per heavy atom. The molecule has 8 heteroatoms. The summed E-state index contributed by atoms with van der Waals surface area (Å²) in [5.41, 5.74) is 5.94. The summed E-state index contributed by atoms with van der Waals surface area (Å²) < 4.78 is 44.3. The number of halogens is 1. The molecule has 0 radical (unpaired) electrons. The topological polar surface area (TPSA) is 72.6 Å². The van der Waals surface area contributed by atoms with E-state index in [0.29, 0.717) is 5.69 Å². The van der Waals surface area contributed by atoms with Crippen LogP contribution in [0.5, 0.6) is 5.75 Å². The second kappa shape index (κ2) is 6.42. The summed E-state index contributed by atoms with van der Waals surface area (Å²) in [4.78, 5) is 0. The third-order valence-electron chi connectivity index (χ3n) is 2.76. The van der Waals surface area contributed by atoms with E-state index in [9.17, 15) is 12.8 Å². The van der Waals surface area contributed by atoms with Gasteiger partial charge in [0.2, 0.25) is 0 Å². The van der Waals surface area contributed by atoms with Crippen LogP contribution >= 0.6 is 11.3 Å². The molecule has 0 bridgehead atoms. The molecule has 0 aliphatic carbocycles. The highest BCUT2D eigenvalue weighted by molar-refractivity contribution is 7.91. The number of anilines is 1. The highest BCUT2D eigenvalue weighted by Crippen LogP contribution is 2.24. The van der Waals surface area contributed by atoms with E-state index in [1.54, 1.807) is 17.5 Å². The van der Waals surface area contributed by atoms with E-state index in [2.05, 4.69) is 0 Å². The first kappa shape index (κ1) is 15.7. The summed E-state index contributed by atoms with van der Waals surface area (Å²) in [6.07, 6.45) is 0. The quantitative estimate of drug-likeness (QED) is 0.881. The summed E-state index contributed by atoms with van der Waals surface area (Å²) in [5.74, 6) is -0.377. The molecule has 0 amide bonds. The van der Waals surface area contributed by atoms with Gasteiger partial charge in [-0.1, -0.05) is 12.1 Å². The Labute approximate surface area is 126 Å². The van der Waals surface area contributed by atoms with Gasteiger partial charge in [0.1, 0.15) is 10.8 Å². The largest absolute Gasteiger partial charge is 0.489 e. The van der Waals surface area contributed by atoms with E-state index in [1.165, 1.54) is 25.2 Å². The molecule has 0 fully saturated rings. The zero-order chi connectivity index (χ0) is 15.5. The number of nitrogens with two attached hydrogens (primary N) is 1. The Balaban J connectivity index is 1.96. The molecular weight excluding hydrogens is 315 g/mol. The Morgan fingerprint density at radius 2 is 2.10 bits per heavy atom. The second-order valence-electron chi connectivity index (χ2n) is 4.30. The van der Waals surface area contributed by atoms with Gasteiger partial charge in [-0.3, -0.25) is 0 Å². The van der Waals surface area contributed by atoms with E-state index in [-0.39, 0.29) is 23.1 Å². The fraction of sp³-hybridized carbons (Fsp3) is 0.231. The van der Waals surface area contributed by atoms with Crippen molar-refractivity contribution in [3.8, 4) is 5.75 Å². The van der Waals surface area contributed by atoms with E-state index >= 15 is 0 Å². The maximum absolute atomic E-state index is 13.3. The Morgan fingerprint density at radius 1 is 1.38 bits per heavy atom. The molecule has 0 aliphatic rings. The second-order valence-corrected chi connectivity index (χ2v) is 7.49. The van der Waals surface area contributed by atoms with Crippen LogP contribution in [0.3, 0.4) is 0 Å². The Kier molecular flexibility index (Phi) is 4.81. The van der Waals surface area contributed by atoms with Gasteiger partial charge in [-0.2, -0.15) is 4.31 Å². The third kappa shape index (κ3) is 3.72. The first-order valence-corrected chi connectivity index (χ1v) is 8.41. The summed E-state index contributed by atoms with van der Waals surface area (Å²) in [6, 6.07) is 7.38. The van der Waals surface area contributed by atoms with Crippen LogP contribution in [0.1, 0.15) is 0 Å².